The minimum Gasteiger partial charge on any atom is -0.357 e. The van der Waals surface area contributed by atoms with E-state index in [1.165, 1.54) is 0 Å². The molecule has 1 atom stereocenters. The second-order valence-corrected chi connectivity index (χ2v) is 9.01. The topological polar surface area (TPSA) is 49.4 Å². The summed E-state index contributed by atoms with van der Waals surface area (Å²) in [7, 11) is 1.59. The van der Waals surface area contributed by atoms with Gasteiger partial charge in [-0.3, -0.25) is 9.59 Å². The van der Waals surface area contributed by atoms with Crippen LogP contribution in [0, 0.1) is 13.8 Å². The molecule has 0 saturated carbocycles. The lowest BCUT2D eigenvalue weighted by Gasteiger charge is -2.31. The third-order valence-corrected chi connectivity index (χ3v) is 6.44. The van der Waals surface area contributed by atoms with E-state index in [0.717, 1.165) is 27.8 Å². The van der Waals surface area contributed by atoms with Crippen LogP contribution in [-0.4, -0.2) is 29.8 Å². The van der Waals surface area contributed by atoms with Crippen LogP contribution in [0.15, 0.2) is 66.7 Å². The number of carbonyl (C=O) groups is 2. The highest BCUT2D eigenvalue weighted by Crippen LogP contribution is 2.25. The van der Waals surface area contributed by atoms with E-state index >= 15 is 0 Å². The third kappa shape index (κ3) is 6.59. The molecule has 3 aromatic rings. The number of carbonyl (C=O) groups excluding carboxylic acids is 2. The van der Waals surface area contributed by atoms with Gasteiger partial charge in [-0.1, -0.05) is 83.4 Å². The molecule has 2 amide bonds. The molecule has 0 spiro atoms. The first-order chi connectivity index (χ1) is 15.8. The second kappa shape index (κ2) is 11.4. The molecular formula is C27H28Cl2N2O2. The molecule has 0 fully saturated rings. The first-order valence-electron chi connectivity index (χ1n) is 10.8. The summed E-state index contributed by atoms with van der Waals surface area (Å²) in [6.07, 6.45) is 0.609. The number of amides is 2. The number of halogens is 2. The molecule has 0 radical (unpaired) electrons. The highest BCUT2D eigenvalue weighted by molar-refractivity contribution is 6.42. The van der Waals surface area contributed by atoms with E-state index in [4.69, 9.17) is 23.2 Å². The Morgan fingerprint density at radius 2 is 1.64 bits per heavy atom. The molecule has 0 aliphatic rings. The quantitative estimate of drug-likeness (QED) is 0.458. The van der Waals surface area contributed by atoms with E-state index in [2.05, 4.69) is 5.32 Å². The first kappa shape index (κ1) is 24.8. The zero-order chi connectivity index (χ0) is 24.0. The molecule has 6 heteroatoms. The van der Waals surface area contributed by atoms with Crippen LogP contribution < -0.4 is 5.32 Å². The average Bonchev–Trinajstić information content (AvgIpc) is 2.81. The first-order valence-corrected chi connectivity index (χ1v) is 11.6. The van der Waals surface area contributed by atoms with Crippen LogP contribution in [0.3, 0.4) is 0 Å². The molecular weight excluding hydrogens is 455 g/mol. The Bertz CT molecular complexity index is 1130. The Morgan fingerprint density at radius 1 is 0.909 bits per heavy atom. The van der Waals surface area contributed by atoms with E-state index in [0.29, 0.717) is 16.5 Å². The van der Waals surface area contributed by atoms with Crippen molar-refractivity contribution in [2.24, 2.45) is 0 Å². The van der Waals surface area contributed by atoms with Gasteiger partial charge in [-0.2, -0.15) is 0 Å². The molecule has 3 rings (SSSR count). The van der Waals surface area contributed by atoms with E-state index in [-0.39, 0.29) is 24.8 Å². The Hall–Kier alpha value is -2.82. The van der Waals surface area contributed by atoms with Crippen molar-refractivity contribution in [2.45, 2.75) is 39.3 Å². The number of likely N-dealkylation sites (N-methyl/N-ethyl adjacent to an activating group) is 1. The smallest absolute Gasteiger partial charge is 0.242 e. The van der Waals surface area contributed by atoms with Crippen molar-refractivity contribution in [3.05, 3.63) is 105 Å². The summed E-state index contributed by atoms with van der Waals surface area (Å²) in [5, 5.41) is 3.59. The minimum atomic E-state index is -0.676. The predicted octanol–water partition coefficient (Wildman–Crippen LogP) is 5.54. The molecule has 3 aromatic carbocycles. The highest BCUT2D eigenvalue weighted by atomic mass is 35.5. The second-order valence-electron chi connectivity index (χ2n) is 8.20. The van der Waals surface area contributed by atoms with Crippen LogP contribution in [0.4, 0.5) is 0 Å². The molecule has 0 aliphatic carbocycles. The zero-order valence-corrected chi connectivity index (χ0v) is 20.6. The lowest BCUT2D eigenvalue weighted by molar-refractivity contribution is -0.140. The largest absolute Gasteiger partial charge is 0.357 e. The van der Waals surface area contributed by atoms with Crippen molar-refractivity contribution in [1.29, 1.82) is 0 Å². The van der Waals surface area contributed by atoms with Crippen LogP contribution in [0.25, 0.3) is 0 Å². The van der Waals surface area contributed by atoms with Crippen LogP contribution in [0.1, 0.15) is 27.8 Å². The number of hydrogen-bond donors (Lipinski definition) is 1. The van der Waals surface area contributed by atoms with Gasteiger partial charge in [0.15, 0.2) is 0 Å². The fourth-order valence-electron chi connectivity index (χ4n) is 3.81. The summed E-state index contributed by atoms with van der Waals surface area (Å²) in [4.78, 5) is 28.3. The molecule has 0 aliphatic heterocycles. The van der Waals surface area contributed by atoms with Crippen LogP contribution in [-0.2, 0) is 29.0 Å². The minimum absolute atomic E-state index is 0.126. The van der Waals surface area contributed by atoms with Crippen molar-refractivity contribution in [3.8, 4) is 0 Å². The van der Waals surface area contributed by atoms with Gasteiger partial charge >= 0.3 is 0 Å². The molecule has 172 valence electrons. The number of rotatable bonds is 8. The van der Waals surface area contributed by atoms with Gasteiger partial charge in [0.05, 0.1) is 16.5 Å². The van der Waals surface area contributed by atoms with Gasteiger partial charge in [-0.15, -0.1) is 0 Å². The van der Waals surface area contributed by atoms with E-state index in [1.54, 1.807) is 24.1 Å². The van der Waals surface area contributed by atoms with Crippen molar-refractivity contribution in [3.63, 3.8) is 0 Å². The number of benzene rings is 3. The van der Waals surface area contributed by atoms with E-state index < -0.39 is 6.04 Å². The van der Waals surface area contributed by atoms with Crippen molar-refractivity contribution in [2.75, 3.05) is 7.05 Å². The molecule has 0 aromatic heterocycles. The van der Waals surface area contributed by atoms with Gasteiger partial charge in [-0.25, -0.2) is 0 Å². The molecule has 0 bridgehead atoms. The molecule has 0 saturated heterocycles. The molecule has 33 heavy (non-hydrogen) atoms. The summed E-state index contributed by atoms with van der Waals surface area (Å²) < 4.78 is 0. The standard InChI is InChI=1S/C27H28Cl2N2O2/c1-18-9-10-19(2)22(13-18)16-26(32)31(17-21-11-12-23(28)24(29)14-21)25(27(33)30-3)15-20-7-5-4-6-8-20/h4-14,25H,15-17H2,1-3H3,(H,30,33)/t25-/m1/s1. The molecule has 4 nitrogen and oxygen atoms in total. The van der Waals surface area contributed by atoms with Gasteiger partial charge in [0.1, 0.15) is 6.04 Å². The van der Waals surface area contributed by atoms with E-state index in [9.17, 15) is 9.59 Å². The summed E-state index contributed by atoms with van der Waals surface area (Å²) in [5.41, 5.74) is 4.87. The molecule has 0 unspecified atom stereocenters. The van der Waals surface area contributed by atoms with Crippen molar-refractivity contribution < 1.29 is 9.59 Å². The Labute approximate surface area is 205 Å². The highest BCUT2D eigenvalue weighted by Gasteiger charge is 2.30. The fraction of sp³-hybridized carbons (Fsp3) is 0.259. The number of aryl methyl sites for hydroxylation is 2. The lowest BCUT2D eigenvalue weighted by atomic mass is 9.99. The third-order valence-electron chi connectivity index (χ3n) is 5.70. The monoisotopic (exact) mass is 482 g/mol. The maximum atomic E-state index is 13.7. The van der Waals surface area contributed by atoms with Crippen molar-refractivity contribution >= 4 is 35.0 Å². The normalized spacial score (nSPS) is 11.7. The average molecular weight is 483 g/mol. The summed E-state index contributed by atoms with van der Waals surface area (Å²) in [6, 6.07) is 20.4. The van der Waals surface area contributed by atoms with Crippen LogP contribution >= 0.6 is 23.2 Å². The Kier molecular flexibility index (Phi) is 8.54. The lowest BCUT2D eigenvalue weighted by Crippen LogP contribution is -2.50. The molecule has 1 N–H and O–H groups in total. The Balaban J connectivity index is 1.98. The molecule has 0 heterocycles. The predicted molar refractivity (Wildman–Crippen MR) is 135 cm³/mol. The van der Waals surface area contributed by atoms with Crippen LogP contribution in [0.2, 0.25) is 10.0 Å². The summed E-state index contributed by atoms with van der Waals surface area (Å²) in [5.74, 6) is -0.340. The number of nitrogens with one attached hydrogen (secondary N) is 1. The SMILES string of the molecule is CNC(=O)[C@@H](Cc1ccccc1)N(Cc1ccc(Cl)c(Cl)c1)C(=O)Cc1cc(C)ccc1C. The Morgan fingerprint density at radius 3 is 2.30 bits per heavy atom. The van der Waals surface area contributed by atoms with Gasteiger partial charge in [-0.05, 0) is 48.2 Å². The summed E-state index contributed by atoms with van der Waals surface area (Å²) >= 11 is 12.3. The summed E-state index contributed by atoms with van der Waals surface area (Å²) in [6.45, 7) is 4.24. The zero-order valence-electron chi connectivity index (χ0n) is 19.1. The fourth-order valence-corrected chi connectivity index (χ4v) is 4.13. The van der Waals surface area contributed by atoms with Gasteiger partial charge in [0.2, 0.25) is 11.8 Å². The van der Waals surface area contributed by atoms with Gasteiger partial charge in [0, 0.05) is 20.0 Å². The number of hydrogen-bond acceptors (Lipinski definition) is 2. The van der Waals surface area contributed by atoms with Gasteiger partial charge < -0.3 is 10.2 Å². The van der Waals surface area contributed by atoms with Gasteiger partial charge in [0.25, 0.3) is 0 Å². The van der Waals surface area contributed by atoms with Crippen LogP contribution in [0.5, 0.6) is 0 Å². The maximum Gasteiger partial charge on any atom is 0.242 e. The van der Waals surface area contributed by atoms with Crippen molar-refractivity contribution in [1.82, 2.24) is 10.2 Å². The maximum absolute atomic E-state index is 13.7. The van der Waals surface area contributed by atoms with E-state index in [1.807, 2.05) is 68.4 Å². The number of nitrogens with zero attached hydrogens (tertiary/aromatic N) is 1.